The largest absolute Gasteiger partial charge is 0.481 e. The third kappa shape index (κ3) is 4.43. The Balaban J connectivity index is 2.47. The molecule has 3 nitrogen and oxygen atoms in total. The quantitative estimate of drug-likeness (QED) is 0.803. The second-order valence-corrected chi connectivity index (χ2v) is 4.52. The Kier molecular flexibility index (Phi) is 4.96. The molecule has 1 N–H and O–H groups in total. The van der Waals surface area contributed by atoms with E-state index in [0.717, 1.165) is 18.5 Å². The van der Waals surface area contributed by atoms with E-state index in [1.807, 2.05) is 18.2 Å². The summed E-state index contributed by atoms with van der Waals surface area (Å²) in [7, 11) is 0. The van der Waals surface area contributed by atoms with Crippen molar-refractivity contribution in [2.75, 3.05) is 0 Å². The molecule has 1 rings (SSSR count). The number of carboxylic acid groups (broad SMARTS) is 1. The number of nitrogens with zero attached hydrogens (tertiary/aromatic N) is 1. The van der Waals surface area contributed by atoms with Crippen LogP contribution in [0.2, 0.25) is 0 Å². The minimum absolute atomic E-state index is 0.248. The molecule has 1 unspecified atom stereocenters. The summed E-state index contributed by atoms with van der Waals surface area (Å²) in [5.41, 5.74) is 0.970. The van der Waals surface area contributed by atoms with Gasteiger partial charge in [-0.2, -0.15) is 0 Å². The Morgan fingerprint density at radius 2 is 2.19 bits per heavy atom. The molecule has 3 heteroatoms. The van der Waals surface area contributed by atoms with Gasteiger partial charge in [0, 0.05) is 11.9 Å². The van der Waals surface area contributed by atoms with E-state index in [4.69, 9.17) is 5.11 Å². The summed E-state index contributed by atoms with van der Waals surface area (Å²) in [5, 5.41) is 9.08. The van der Waals surface area contributed by atoms with Crippen molar-refractivity contribution in [3.05, 3.63) is 30.1 Å². The van der Waals surface area contributed by atoms with Gasteiger partial charge in [-0.1, -0.05) is 19.9 Å². The fourth-order valence-electron chi connectivity index (χ4n) is 1.78. The summed E-state index contributed by atoms with van der Waals surface area (Å²) in [6.07, 6.45) is 3.89. The molecular weight excluding hydrogens is 202 g/mol. The van der Waals surface area contributed by atoms with Crippen LogP contribution < -0.4 is 0 Å². The number of carboxylic acids is 1. The van der Waals surface area contributed by atoms with Crippen LogP contribution in [-0.4, -0.2) is 16.1 Å². The summed E-state index contributed by atoms with van der Waals surface area (Å²) in [6.45, 7) is 4.10. The van der Waals surface area contributed by atoms with Crippen LogP contribution in [0.1, 0.15) is 32.4 Å². The van der Waals surface area contributed by atoms with Crippen LogP contribution in [0.25, 0.3) is 0 Å². The zero-order valence-electron chi connectivity index (χ0n) is 9.89. The van der Waals surface area contributed by atoms with Gasteiger partial charge >= 0.3 is 5.97 Å². The molecule has 0 aliphatic carbocycles. The Morgan fingerprint density at radius 1 is 1.44 bits per heavy atom. The smallest absolute Gasteiger partial charge is 0.306 e. The lowest BCUT2D eigenvalue weighted by atomic mass is 9.92. The topological polar surface area (TPSA) is 50.2 Å². The molecule has 16 heavy (non-hydrogen) atoms. The summed E-state index contributed by atoms with van der Waals surface area (Å²) in [4.78, 5) is 15.2. The maximum absolute atomic E-state index is 11.0. The SMILES string of the molecule is CC(C)CC(CCc1ccccn1)C(=O)O. The number of rotatable bonds is 6. The zero-order chi connectivity index (χ0) is 12.0. The molecule has 0 saturated heterocycles. The minimum atomic E-state index is -0.690. The van der Waals surface area contributed by atoms with E-state index in [1.54, 1.807) is 6.20 Å². The molecule has 88 valence electrons. The predicted octanol–water partition coefficient (Wildman–Crippen LogP) is 2.76. The lowest BCUT2D eigenvalue weighted by Gasteiger charge is -2.14. The van der Waals surface area contributed by atoms with E-state index >= 15 is 0 Å². The summed E-state index contributed by atoms with van der Waals surface area (Å²) >= 11 is 0. The van der Waals surface area contributed by atoms with Crippen molar-refractivity contribution >= 4 is 5.97 Å². The van der Waals surface area contributed by atoms with Crippen LogP contribution >= 0.6 is 0 Å². The summed E-state index contributed by atoms with van der Waals surface area (Å²) in [5.74, 6) is -0.517. The lowest BCUT2D eigenvalue weighted by molar-refractivity contribution is -0.142. The Hall–Kier alpha value is -1.38. The van der Waals surface area contributed by atoms with Crippen molar-refractivity contribution in [2.45, 2.75) is 33.1 Å². The zero-order valence-corrected chi connectivity index (χ0v) is 9.89. The summed E-state index contributed by atoms with van der Waals surface area (Å²) < 4.78 is 0. The van der Waals surface area contributed by atoms with Gasteiger partial charge in [-0.25, -0.2) is 0 Å². The number of pyridine rings is 1. The van der Waals surface area contributed by atoms with Crippen LogP contribution in [0, 0.1) is 11.8 Å². The number of hydrogen-bond acceptors (Lipinski definition) is 2. The maximum Gasteiger partial charge on any atom is 0.306 e. The molecule has 0 saturated carbocycles. The van der Waals surface area contributed by atoms with Gasteiger partial charge in [0.15, 0.2) is 0 Å². The van der Waals surface area contributed by atoms with Crippen molar-refractivity contribution in [3.8, 4) is 0 Å². The molecule has 1 atom stereocenters. The molecule has 0 aliphatic heterocycles. The van der Waals surface area contributed by atoms with Crippen molar-refractivity contribution in [3.63, 3.8) is 0 Å². The maximum atomic E-state index is 11.0. The second kappa shape index (κ2) is 6.26. The highest BCUT2D eigenvalue weighted by atomic mass is 16.4. The van der Waals surface area contributed by atoms with Gasteiger partial charge in [0.2, 0.25) is 0 Å². The molecular formula is C13H19NO2. The Bertz CT molecular complexity index is 322. The fourth-order valence-corrected chi connectivity index (χ4v) is 1.78. The Morgan fingerprint density at radius 3 is 2.69 bits per heavy atom. The third-order valence-corrected chi connectivity index (χ3v) is 2.58. The lowest BCUT2D eigenvalue weighted by Crippen LogP contribution is -2.17. The second-order valence-electron chi connectivity index (χ2n) is 4.52. The number of hydrogen-bond donors (Lipinski definition) is 1. The van der Waals surface area contributed by atoms with E-state index in [2.05, 4.69) is 18.8 Å². The van der Waals surface area contributed by atoms with E-state index in [9.17, 15) is 4.79 Å². The molecule has 0 spiro atoms. The van der Waals surface area contributed by atoms with Crippen molar-refractivity contribution < 1.29 is 9.90 Å². The van der Waals surface area contributed by atoms with Gasteiger partial charge in [0.25, 0.3) is 0 Å². The normalized spacial score (nSPS) is 12.7. The standard InChI is InChI=1S/C13H19NO2/c1-10(2)9-11(13(15)16)6-7-12-5-3-4-8-14-12/h3-5,8,10-11H,6-7,9H2,1-2H3,(H,15,16). The van der Waals surface area contributed by atoms with Crippen LogP contribution in [0.3, 0.4) is 0 Å². The van der Waals surface area contributed by atoms with Crippen LogP contribution in [-0.2, 0) is 11.2 Å². The van der Waals surface area contributed by atoms with Gasteiger partial charge in [-0.3, -0.25) is 9.78 Å². The first-order valence-electron chi connectivity index (χ1n) is 5.72. The number of aromatic nitrogens is 1. The monoisotopic (exact) mass is 221 g/mol. The average molecular weight is 221 g/mol. The molecule has 1 aromatic rings. The van der Waals surface area contributed by atoms with Gasteiger partial charge in [0.05, 0.1) is 5.92 Å². The molecule has 0 aromatic carbocycles. The number of carbonyl (C=O) groups is 1. The fraction of sp³-hybridized carbons (Fsp3) is 0.538. The number of aryl methyl sites for hydroxylation is 1. The van der Waals surface area contributed by atoms with Crippen LogP contribution in [0.4, 0.5) is 0 Å². The highest BCUT2D eigenvalue weighted by Crippen LogP contribution is 2.17. The third-order valence-electron chi connectivity index (χ3n) is 2.58. The van der Waals surface area contributed by atoms with Crippen LogP contribution in [0.5, 0.6) is 0 Å². The molecule has 1 heterocycles. The van der Waals surface area contributed by atoms with Crippen molar-refractivity contribution in [2.24, 2.45) is 11.8 Å². The molecule has 1 aromatic heterocycles. The van der Waals surface area contributed by atoms with E-state index in [0.29, 0.717) is 12.3 Å². The molecule has 0 fully saturated rings. The Labute approximate surface area is 96.5 Å². The minimum Gasteiger partial charge on any atom is -0.481 e. The van der Waals surface area contributed by atoms with E-state index in [1.165, 1.54) is 0 Å². The molecule has 0 radical (unpaired) electrons. The highest BCUT2D eigenvalue weighted by Gasteiger charge is 2.18. The van der Waals surface area contributed by atoms with Crippen LogP contribution in [0.15, 0.2) is 24.4 Å². The van der Waals surface area contributed by atoms with Crippen molar-refractivity contribution in [1.82, 2.24) is 4.98 Å². The van der Waals surface area contributed by atoms with E-state index in [-0.39, 0.29) is 5.92 Å². The van der Waals surface area contributed by atoms with Gasteiger partial charge < -0.3 is 5.11 Å². The van der Waals surface area contributed by atoms with E-state index < -0.39 is 5.97 Å². The predicted molar refractivity (Wildman–Crippen MR) is 63.1 cm³/mol. The van der Waals surface area contributed by atoms with Gasteiger partial charge in [-0.05, 0) is 37.3 Å². The molecule has 0 bridgehead atoms. The first-order chi connectivity index (χ1) is 7.59. The average Bonchev–Trinajstić information content (AvgIpc) is 2.25. The highest BCUT2D eigenvalue weighted by molar-refractivity contribution is 5.69. The summed E-state index contributed by atoms with van der Waals surface area (Å²) in [6, 6.07) is 5.74. The van der Waals surface area contributed by atoms with Gasteiger partial charge in [-0.15, -0.1) is 0 Å². The van der Waals surface area contributed by atoms with Crippen molar-refractivity contribution in [1.29, 1.82) is 0 Å². The number of aliphatic carboxylic acids is 1. The molecule has 0 amide bonds. The first-order valence-corrected chi connectivity index (χ1v) is 5.72. The first kappa shape index (κ1) is 12.7. The molecule has 0 aliphatic rings. The van der Waals surface area contributed by atoms with Gasteiger partial charge in [0.1, 0.15) is 0 Å².